The van der Waals surface area contributed by atoms with E-state index in [1.807, 2.05) is 31.0 Å². The Morgan fingerprint density at radius 1 is 1.28 bits per heavy atom. The summed E-state index contributed by atoms with van der Waals surface area (Å²) in [7, 11) is 0. The first-order valence-corrected chi connectivity index (χ1v) is 10.8. The minimum absolute atomic E-state index is 0.548. The molecule has 1 aliphatic heterocycles. The van der Waals surface area contributed by atoms with Gasteiger partial charge in [0.2, 0.25) is 0 Å². The number of thioether (sulfide) groups is 1. The number of nitrogens with two attached hydrogens (primary N) is 2. The average molecular weight is 417 g/mol. The van der Waals surface area contributed by atoms with Gasteiger partial charge in [0.1, 0.15) is 5.82 Å². The van der Waals surface area contributed by atoms with Gasteiger partial charge in [-0.15, -0.1) is 0 Å². The van der Waals surface area contributed by atoms with Gasteiger partial charge in [0, 0.05) is 49.9 Å². The quantitative estimate of drug-likeness (QED) is 0.272. The van der Waals surface area contributed by atoms with Crippen LogP contribution in [0.4, 0.5) is 5.82 Å². The lowest BCUT2D eigenvalue weighted by Gasteiger charge is -2.33. The molecule has 29 heavy (non-hydrogen) atoms. The zero-order valence-electron chi connectivity index (χ0n) is 17.6. The fraction of sp³-hybridized carbons (Fsp3) is 0.500. The van der Waals surface area contributed by atoms with Crippen molar-refractivity contribution < 1.29 is 0 Å². The number of nitrogen functional groups attached to an aromatic ring is 1. The molecule has 0 amide bonds. The largest absolute Gasteiger partial charge is 0.354 e. The summed E-state index contributed by atoms with van der Waals surface area (Å²) in [5.74, 6) is 14.1. The Morgan fingerprint density at radius 2 is 1.97 bits per heavy atom. The predicted octanol–water partition coefficient (Wildman–Crippen LogP) is 2.81. The molecule has 8 nitrogen and oxygen atoms in total. The van der Waals surface area contributed by atoms with Crippen molar-refractivity contribution >= 4 is 22.6 Å². The Labute approximate surface area is 177 Å². The van der Waals surface area contributed by atoms with Crippen LogP contribution in [0.1, 0.15) is 45.2 Å². The molecule has 0 aromatic carbocycles. The molecule has 158 valence electrons. The van der Waals surface area contributed by atoms with Gasteiger partial charge in [-0.3, -0.25) is 5.84 Å². The Hall–Kier alpha value is -2.23. The van der Waals surface area contributed by atoms with E-state index in [4.69, 9.17) is 16.7 Å². The maximum atomic E-state index is 6.01. The van der Waals surface area contributed by atoms with E-state index in [-0.39, 0.29) is 0 Å². The Bertz CT molecular complexity index is 826. The van der Waals surface area contributed by atoms with E-state index in [9.17, 15) is 0 Å². The number of anilines is 1. The smallest absolute Gasteiger partial charge is 0.151 e. The molecule has 0 spiro atoms. The maximum Gasteiger partial charge on any atom is 0.151 e. The monoisotopic (exact) mass is 416 g/mol. The molecule has 2 heterocycles. The van der Waals surface area contributed by atoms with Crippen molar-refractivity contribution in [2.75, 3.05) is 37.3 Å². The van der Waals surface area contributed by atoms with Crippen LogP contribution >= 0.6 is 11.8 Å². The third kappa shape index (κ3) is 6.12. The van der Waals surface area contributed by atoms with Crippen LogP contribution in [-0.2, 0) is 0 Å². The normalized spacial score (nSPS) is 19.6. The van der Waals surface area contributed by atoms with Crippen LogP contribution in [0.15, 0.2) is 46.2 Å². The second-order valence-electron chi connectivity index (χ2n) is 7.48. The number of rotatable bonds is 7. The third-order valence-electron chi connectivity index (χ3n) is 4.97. The lowest BCUT2D eigenvalue weighted by atomic mass is 10.3. The topological polar surface area (TPSA) is 101 Å². The summed E-state index contributed by atoms with van der Waals surface area (Å²) in [5.41, 5.74) is 1.76. The van der Waals surface area contributed by atoms with E-state index < -0.39 is 0 Å². The second kappa shape index (κ2) is 9.51. The van der Waals surface area contributed by atoms with Gasteiger partial charge >= 0.3 is 0 Å². The molecule has 1 saturated heterocycles. The molecule has 1 aromatic rings. The molecule has 0 atom stereocenters. The minimum Gasteiger partial charge on any atom is -0.354 e. The molecule has 5 N–H and O–H groups in total. The summed E-state index contributed by atoms with van der Waals surface area (Å²) in [6.07, 6.45) is 6.42. The van der Waals surface area contributed by atoms with Crippen LogP contribution < -0.4 is 17.0 Å². The average Bonchev–Trinajstić information content (AvgIpc) is 3.46. The van der Waals surface area contributed by atoms with Crippen LogP contribution in [-0.4, -0.2) is 51.0 Å². The Morgan fingerprint density at radius 3 is 2.59 bits per heavy atom. The molecular formula is C20H32N8S. The van der Waals surface area contributed by atoms with Crippen LogP contribution in [0.2, 0.25) is 0 Å². The molecule has 2 aliphatic rings. The number of nitrogens with one attached hydrogen (secondary N) is 1. The van der Waals surface area contributed by atoms with Crippen molar-refractivity contribution in [1.29, 1.82) is 0 Å². The molecule has 1 aromatic heterocycles. The van der Waals surface area contributed by atoms with Crippen molar-refractivity contribution in [1.82, 2.24) is 19.8 Å². The summed E-state index contributed by atoms with van der Waals surface area (Å²) in [6, 6.07) is 2.00. The van der Waals surface area contributed by atoms with Crippen molar-refractivity contribution in [2.45, 2.75) is 39.5 Å². The maximum absolute atomic E-state index is 6.01. The highest BCUT2D eigenvalue weighted by atomic mass is 32.2. The molecular weight excluding hydrogens is 384 g/mol. The number of aromatic nitrogens is 2. The highest BCUT2D eigenvalue weighted by Gasteiger charge is 2.27. The number of nitrogens with zero attached hydrogens (tertiary/aromatic N) is 5. The molecule has 1 aliphatic carbocycles. The summed E-state index contributed by atoms with van der Waals surface area (Å²) >= 11 is 1.66. The number of hydrogen-bond donors (Lipinski definition) is 3. The van der Waals surface area contributed by atoms with Crippen LogP contribution in [0, 0.1) is 0 Å². The van der Waals surface area contributed by atoms with Gasteiger partial charge < -0.3 is 16.1 Å². The number of allylic oxidation sites excluding steroid dienone is 3. The van der Waals surface area contributed by atoms with Gasteiger partial charge in [-0.25, -0.2) is 10.0 Å². The first-order valence-electron chi connectivity index (χ1n) is 9.99. The van der Waals surface area contributed by atoms with Gasteiger partial charge in [0.15, 0.2) is 5.82 Å². The van der Waals surface area contributed by atoms with Gasteiger partial charge in [-0.2, -0.15) is 9.89 Å². The van der Waals surface area contributed by atoms with E-state index in [2.05, 4.69) is 34.9 Å². The summed E-state index contributed by atoms with van der Waals surface area (Å²) in [6.45, 7) is 13.5. The van der Waals surface area contributed by atoms with Crippen molar-refractivity contribution in [2.24, 2.45) is 10.8 Å². The lowest BCUT2D eigenvalue weighted by molar-refractivity contribution is 0.160. The Balaban J connectivity index is 1.77. The Kier molecular flexibility index (Phi) is 7.05. The number of hydrogen-bond acceptors (Lipinski definition) is 8. The van der Waals surface area contributed by atoms with Gasteiger partial charge in [0.05, 0.1) is 10.7 Å². The number of hydrazine groups is 1. The zero-order chi connectivity index (χ0) is 21.0. The fourth-order valence-corrected chi connectivity index (χ4v) is 3.79. The zero-order valence-corrected chi connectivity index (χ0v) is 18.4. The first kappa shape index (κ1) is 21.5. The van der Waals surface area contributed by atoms with E-state index in [0.29, 0.717) is 11.6 Å². The van der Waals surface area contributed by atoms with Crippen LogP contribution in [0.25, 0.3) is 0 Å². The summed E-state index contributed by atoms with van der Waals surface area (Å²) in [4.78, 5) is 9.71. The molecule has 1 saturated carbocycles. The van der Waals surface area contributed by atoms with Crippen molar-refractivity contribution in [3.05, 3.63) is 46.9 Å². The molecule has 0 radical (unpaired) electrons. The van der Waals surface area contributed by atoms with Gasteiger partial charge in [-0.1, -0.05) is 24.4 Å². The predicted molar refractivity (Wildman–Crippen MR) is 123 cm³/mol. The van der Waals surface area contributed by atoms with E-state index >= 15 is 0 Å². The standard InChI is InChI=1S/C20H32N8S/c1-5-15(3)29-16(4)24-19(26-8-10-27(21)11-9-26)12-14(2)23-20-13-18(17-6-7-17)25-28(20)22/h5,12-13,17,23H,2,6-11,21-22H2,1,3-4H3/b15-5+,19-12+,24-16+. The highest BCUT2D eigenvalue weighted by molar-refractivity contribution is 8.17. The van der Waals surface area contributed by atoms with Gasteiger partial charge in [-0.05, 0) is 38.5 Å². The SMILES string of the molecule is C=C(/C=C(\N=C(/C)S/C(C)=C/C)N1CCN(N)CC1)Nc1cc(C2CC2)nn1N. The highest BCUT2D eigenvalue weighted by Crippen LogP contribution is 2.39. The molecule has 0 bridgehead atoms. The summed E-state index contributed by atoms with van der Waals surface area (Å²) < 4.78 is 0. The second-order valence-corrected chi connectivity index (χ2v) is 8.92. The lowest BCUT2D eigenvalue weighted by Crippen LogP contribution is -2.48. The minimum atomic E-state index is 0.548. The molecule has 3 rings (SSSR count). The number of aliphatic imine (C=N–C) groups is 1. The third-order valence-corrected chi connectivity index (χ3v) is 5.91. The van der Waals surface area contributed by atoms with Crippen molar-refractivity contribution in [3.63, 3.8) is 0 Å². The van der Waals surface area contributed by atoms with Gasteiger partial charge in [0.25, 0.3) is 0 Å². The number of piperazine rings is 1. The van der Waals surface area contributed by atoms with E-state index in [1.54, 1.807) is 11.8 Å². The van der Waals surface area contributed by atoms with Crippen LogP contribution in [0.5, 0.6) is 0 Å². The van der Waals surface area contributed by atoms with Crippen molar-refractivity contribution in [3.8, 4) is 0 Å². The summed E-state index contributed by atoms with van der Waals surface area (Å²) in [5, 5.41) is 10.5. The first-order chi connectivity index (χ1) is 13.9. The van der Waals surface area contributed by atoms with Crippen LogP contribution in [0.3, 0.4) is 0 Å². The fourth-order valence-electron chi connectivity index (χ4n) is 3.06. The molecule has 0 unspecified atom stereocenters. The van der Waals surface area contributed by atoms with E-state index in [0.717, 1.165) is 48.6 Å². The molecule has 2 fully saturated rings. The molecule has 9 heteroatoms. The van der Waals surface area contributed by atoms with E-state index in [1.165, 1.54) is 22.5 Å².